The van der Waals surface area contributed by atoms with Gasteiger partial charge in [0, 0.05) is 11.0 Å². The second-order valence-corrected chi connectivity index (χ2v) is 6.91. The fourth-order valence-electron chi connectivity index (χ4n) is 4.48. The van der Waals surface area contributed by atoms with Crippen molar-refractivity contribution >= 4 is 11.9 Å². The topological polar surface area (TPSA) is 26.3 Å². The Morgan fingerprint density at radius 2 is 1.70 bits per heavy atom. The van der Waals surface area contributed by atoms with E-state index in [1.807, 2.05) is 12.1 Å². The summed E-state index contributed by atoms with van der Waals surface area (Å²) in [6, 6.07) is 14.3. The summed E-state index contributed by atoms with van der Waals surface area (Å²) in [6.07, 6.45) is 2.16. The van der Waals surface area contributed by atoms with Crippen LogP contribution in [0.2, 0.25) is 0 Å². The third-order valence-electron chi connectivity index (χ3n) is 6.12. The van der Waals surface area contributed by atoms with Gasteiger partial charge in [-0.15, -0.1) is 0 Å². The molecule has 116 valence electrons. The molecule has 0 heterocycles. The molecule has 2 heteroatoms. The zero-order valence-corrected chi connectivity index (χ0v) is 13.9. The molecule has 0 fully saturated rings. The first kappa shape index (κ1) is 14.3. The van der Waals surface area contributed by atoms with Crippen molar-refractivity contribution in [1.29, 1.82) is 0 Å². The quantitative estimate of drug-likeness (QED) is 0.768. The Hall–Kier alpha value is -2.35. The van der Waals surface area contributed by atoms with Crippen molar-refractivity contribution in [1.82, 2.24) is 0 Å². The standard InChI is InChI=1S/C21H20O2/c1-13-11-14-7-5-6-8-17(14)21(3)18-10-9-15(23-4)12-16(18)19(22)20(13,21)2/h5-12H,1-4H3/t20-,21+/m0/s1. The number of benzene rings is 2. The van der Waals surface area contributed by atoms with Crippen molar-refractivity contribution in [2.45, 2.75) is 26.2 Å². The van der Waals surface area contributed by atoms with E-state index in [0.29, 0.717) is 0 Å². The number of methoxy groups -OCH3 is 1. The lowest BCUT2D eigenvalue weighted by Gasteiger charge is -2.45. The predicted molar refractivity (Wildman–Crippen MR) is 92.0 cm³/mol. The summed E-state index contributed by atoms with van der Waals surface area (Å²) in [6.45, 7) is 6.37. The highest BCUT2D eigenvalue weighted by molar-refractivity contribution is 6.11. The van der Waals surface area contributed by atoms with E-state index in [1.54, 1.807) is 7.11 Å². The molecule has 0 bridgehead atoms. The summed E-state index contributed by atoms with van der Waals surface area (Å²) < 4.78 is 5.34. The van der Waals surface area contributed by atoms with Gasteiger partial charge in [0.15, 0.2) is 5.78 Å². The Morgan fingerprint density at radius 1 is 0.957 bits per heavy atom. The molecule has 0 unspecified atom stereocenters. The molecule has 2 aliphatic rings. The van der Waals surface area contributed by atoms with Gasteiger partial charge >= 0.3 is 0 Å². The number of carbonyl (C=O) groups excluding carboxylic acids is 1. The van der Waals surface area contributed by atoms with Crippen molar-refractivity contribution < 1.29 is 9.53 Å². The molecule has 0 aliphatic heterocycles. The average molecular weight is 304 g/mol. The smallest absolute Gasteiger partial charge is 0.174 e. The van der Waals surface area contributed by atoms with Crippen LogP contribution >= 0.6 is 0 Å². The Kier molecular flexibility index (Phi) is 2.69. The van der Waals surface area contributed by atoms with E-state index < -0.39 is 5.41 Å². The summed E-state index contributed by atoms with van der Waals surface area (Å²) in [5.74, 6) is 0.926. The summed E-state index contributed by atoms with van der Waals surface area (Å²) in [4.78, 5) is 13.3. The molecule has 0 spiro atoms. The van der Waals surface area contributed by atoms with Crippen molar-refractivity contribution in [2.75, 3.05) is 7.11 Å². The van der Waals surface area contributed by atoms with E-state index >= 15 is 0 Å². The summed E-state index contributed by atoms with van der Waals surface area (Å²) in [7, 11) is 1.64. The first-order valence-corrected chi connectivity index (χ1v) is 7.96. The van der Waals surface area contributed by atoms with E-state index in [4.69, 9.17) is 4.74 Å². The largest absolute Gasteiger partial charge is 0.497 e. The molecule has 0 amide bonds. The van der Waals surface area contributed by atoms with Crippen LogP contribution in [0.1, 0.15) is 47.8 Å². The predicted octanol–water partition coefficient (Wildman–Crippen LogP) is 4.62. The third-order valence-corrected chi connectivity index (χ3v) is 6.12. The molecule has 2 aromatic rings. The van der Waals surface area contributed by atoms with Crippen LogP contribution in [0.25, 0.3) is 6.08 Å². The van der Waals surface area contributed by atoms with Crippen molar-refractivity contribution in [3.63, 3.8) is 0 Å². The third kappa shape index (κ3) is 1.46. The first-order chi connectivity index (χ1) is 10.9. The van der Waals surface area contributed by atoms with Crippen LogP contribution in [0.15, 0.2) is 48.0 Å². The minimum atomic E-state index is -0.546. The maximum Gasteiger partial charge on any atom is 0.174 e. The first-order valence-electron chi connectivity index (χ1n) is 7.96. The molecule has 2 atom stereocenters. The lowest BCUT2D eigenvalue weighted by molar-refractivity contribution is 0.0821. The highest BCUT2D eigenvalue weighted by Crippen LogP contribution is 2.61. The van der Waals surface area contributed by atoms with Gasteiger partial charge in [-0.2, -0.15) is 0 Å². The maximum absolute atomic E-state index is 13.3. The summed E-state index contributed by atoms with van der Waals surface area (Å²) in [5, 5.41) is 0. The van der Waals surface area contributed by atoms with Gasteiger partial charge < -0.3 is 4.74 Å². The van der Waals surface area contributed by atoms with Crippen LogP contribution in [-0.4, -0.2) is 12.9 Å². The highest BCUT2D eigenvalue weighted by Gasteiger charge is 2.61. The molecule has 2 nitrogen and oxygen atoms in total. The van der Waals surface area contributed by atoms with Gasteiger partial charge in [-0.05, 0) is 42.7 Å². The Bertz CT molecular complexity index is 877. The van der Waals surface area contributed by atoms with Crippen LogP contribution in [0.4, 0.5) is 0 Å². The van der Waals surface area contributed by atoms with Gasteiger partial charge in [0.2, 0.25) is 0 Å². The molecule has 2 aromatic carbocycles. The van der Waals surface area contributed by atoms with Crippen LogP contribution in [0, 0.1) is 5.41 Å². The van der Waals surface area contributed by atoms with Crippen molar-refractivity contribution in [2.24, 2.45) is 5.41 Å². The van der Waals surface area contributed by atoms with Gasteiger partial charge in [0.25, 0.3) is 0 Å². The Labute approximate surface area is 136 Å². The normalized spacial score (nSPS) is 27.8. The number of ketones is 1. The van der Waals surface area contributed by atoms with Gasteiger partial charge in [0.1, 0.15) is 5.75 Å². The van der Waals surface area contributed by atoms with E-state index in [1.165, 1.54) is 11.1 Å². The van der Waals surface area contributed by atoms with Crippen LogP contribution in [0.3, 0.4) is 0 Å². The number of hydrogen-bond acceptors (Lipinski definition) is 2. The molecule has 23 heavy (non-hydrogen) atoms. The Balaban J connectivity index is 2.11. The SMILES string of the molecule is COc1ccc2c(c1)C(=O)[C@]1(C)C(C)=Cc3ccccc3[C@]21C. The van der Waals surface area contributed by atoms with Crippen molar-refractivity contribution in [3.8, 4) is 5.75 Å². The lowest BCUT2D eigenvalue weighted by Crippen LogP contribution is -2.45. The monoisotopic (exact) mass is 304 g/mol. The fourth-order valence-corrected chi connectivity index (χ4v) is 4.48. The molecule has 0 N–H and O–H groups in total. The number of hydrogen-bond donors (Lipinski definition) is 0. The number of fused-ring (bicyclic) bond motifs is 5. The van der Waals surface area contributed by atoms with Gasteiger partial charge in [-0.25, -0.2) is 0 Å². The van der Waals surface area contributed by atoms with Crippen molar-refractivity contribution in [3.05, 3.63) is 70.3 Å². The molecule has 0 saturated heterocycles. The number of rotatable bonds is 1. The minimum absolute atomic E-state index is 0.192. The Morgan fingerprint density at radius 3 is 2.43 bits per heavy atom. The minimum Gasteiger partial charge on any atom is -0.497 e. The molecule has 0 radical (unpaired) electrons. The lowest BCUT2D eigenvalue weighted by atomic mass is 9.55. The van der Waals surface area contributed by atoms with Gasteiger partial charge in [-0.1, -0.05) is 48.9 Å². The molecule has 0 saturated carbocycles. The van der Waals surface area contributed by atoms with E-state index in [-0.39, 0.29) is 11.2 Å². The molecule has 4 rings (SSSR count). The van der Waals surface area contributed by atoms with E-state index in [2.05, 4.69) is 57.2 Å². The molecule has 0 aromatic heterocycles. The fraction of sp³-hybridized carbons (Fsp3) is 0.286. The average Bonchev–Trinajstić information content (AvgIpc) is 2.75. The number of allylic oxidation sites excluding steroid dienone is 1. The second-order valence-electron chi connectivity index (χ2n) is 6.91. The number of ether oxygens (including phenoxy) is 1. The number of Topliss-reactive ketones (excluding diaryl/α,β-unsaturated/α-hetero) is 1. The van der Waals surface area contributed by atoms with Gasteiger partial charge in [0.05, 0.1) is 12.5 Å². The second kappa shape index (κ2) is 4.35. The van der Waals surface area contributed by atoms with Gasteiger partial charge in [-0.3, -0.25) is 4.79 Å². The zero-order chi connectivity index (χ0) is 16.4. The molecular weight excluding hydrogens is 284 g/mol. The maximum atomic E-state index is 13.3. The van der Waals surface area contributed by atoms with E-state index in [9.17, 15) is 4.79 Å². The zero-order valence-electron chi connectivity index (χ0n) is 13.9. The molecule has 2 aliphatic carbocycles. The molecular formula is C21H20O2. The number of carbonyl (C=O) groups is 1. The summed E-state index contributed by atoms with van der Waals surface area (Å²) >= 11 is 0. The highest BCUT2D eigenvalue weighted by atomic mass is 16.5. The summed E-state index contributed by atoms with van der Waals surface area (Å²) in [5.41, 5.74) is 4.56. The van der Waals surface area contributed by atoms with Crippen LogP contribution < -0.4 is 4.74 Å². The van der Waals surface area contributed by atoms with E-state index in [0.717, 1.165) is 22.4 Å². The van der Waals surface area contributed by atoms with Crippen LogP contribution in [-0.2, 0) is 5.41 Å². The van der Waals surface area contributed by atoms with Crippen LogP contribution in [0.5, 0.6) is 5.75 Å².